The lowest BCUT2D eigenvalue weighted by Gasteiger charge is -2.33. The fourth-order valence-electron chi connectivity index (χ4n) is 3.20. The maximum atomic E-state index is 5.68. The summed E-state index contributed by atoms with van der Waals surface area (Å²) < 4.78 is 5.68. The van der Waals surface area contributed by atoms with E-state index >= 15 is 0 Å². The van der Waals surface area contributed by atoms with Crippen LogP contribution in [0.4, 0.5) is 0 Å². The van der Waals surface area contributed by atoms with Crippen molar-refractivity contribution in [3.63, 3.8) is 0 Å². The Morgan fingerprint density at radius 1 is 1.18 bits per heavy atom. The SMILES string of the molecule is Cc1ccc(C(C)NC2CC(C)CC(C)C2)o1. The lowest BCUT2D eigenvalue weighted by atomic mass is 9.80. The fraction of sp³-hybridized carbons (Fsp3) is 0.733. The molecule has 1 aromatic heterocycles. The highest BCUT2D eigenvalue weighted by atomic mass is 16.3. The van der Waals surface area contributed by atoms with Gasteiger partial charge in [-0.15, -0.1) is 0 Å². The van der Waals surface area contributed by atoms with Gasteiger partial charge < -0.3 is 9.73 Å². The van der Waals surface area contributed by atoms with Gasteiger partial charge in [0.05, 0.1) is 6.04 Å². The highest BCUT2D eigenvalue weighted by Crippen LogP contribution is 2.30. The zero-order valence-corrected chi connectivity index (χ0v) is 11.5. The molecule has 2 rings (SSSR count). The molecule has 1 aliphatic carbocycles. The van der Waals surface area contributed by atoms with Gasteiger partial charge >= 0.3 is 0 Å². The molecule has 0 amide bonds. The van der Waals surface area contributed by atoms with Crippen LogP contribution in [-0.2, 0) is 0 Å². The second kappa shape index (κ2) is 5.26. The summed E-state index contributed by atoms with van der Waals surface area (Å²) in [5.41, 5.74) is 0. The van der Waals surface area contributed by atoms with E-state index in [1.165, 1.54) is 19.3 Å². The molecule has 1 saturated carbocycles. The van der Waals surface area contributed by atoms with E-state index in [9.17, 15) is 0 Å². The third kappa shape index (κ3) is 3.35. The summed E-state index contributed by atoms with van der Waals surface area (Å²) in [6.45, 7) is 8.93. The Morgan fingerprint density at radius 2 is 1.82 bits per heavy atom. The van der Waals surface area contributed by atoms with E-state index < -0.39 is 0 Å². The summed E-state index contributed by atoms with van der Waals surface area (Å²) in [5, 5.41) is 3.72. The maximum Gasteiger partial charge on any atom is 0.120 e. The van der Waals surface area contributed by atoms with Crippen LogP contribution < -0.4 is 5.32 Å². The Balaban J connectivity index is 1.92. The topological polar surface area (TPSA) is 25.2 Å². The summed E-state index contributed by atoms with van der Waals surface area (Å²) in [5.74, 6) is 3.76. The molecule has 0 aromatic carbocycles. The molecule has 2 heteroatoms. The molecular formula is C15H25NO. The van der Waals surface area contributed by atoms with E-state index in [-0.39, 0.29) is 0 Å². The summed E-state index contributed by atoms with van der Waals surface area (Å²) in [6.07, 6.45) is 3.98. The van der Waals surface area contributed by atoms with E-state index in [1.807, 2.05) is 13.0 Å². The van der Waals surface area contributed by atoms with Crippen LogP contribution >= 0.6 is 0 Å². The largest absolute Gasteiger partial charge is 0.465 e. The van der Waals surface area contributed by atoms with Gasteiger partial charge in [-0.05, 0) is 57.1 Å². The molecule has 0 saturated heterocycles. The van der Waals surface area contributed by atoms with Gasteiger partial charge in [0.15, 0.2) is 0 Å². The number of hydrogen-bond acceptors (Lipinski definition) is 2. The monoisotopic (exact) mass is 235 g/mol. The average molecular weight is 235 g/mol. The van der Waals surface area contributed by atoms with Gasteiger partial charge in [-0.25, -0.2) is 0 Å². The first-order valence-corrected chi connectivity index (χ1v) is 6.87. The lowest BCUT2D eigenvalue weighted by molar-refractivity contribution is 0.222. The van der Waals surface area contributed by atoms with Gasteiger partial charge in [-0.2, -0.15) is 0 Å². The molecule has 0 bridgehead atoms. The van der Waals surface area contributed by atoms with Crippen molar-refractivity contribution in [1.29, 1.82) is 0 Å². The van der Waals surface area contributed by atoms with Crippen molar-refractivity contribution in [2.75, 3.05) is 0 Å². The predicted molar refractivity (Wildman–Crippen MR) is 71.0 cm³/mol. The third-order valence-electron chi connectivity index (χ3n) is 3.85. The molecule has 1 aliphatic rings. The van der Waals surface area contributed by atoms with Crippen LogP contribution in [0.3, 0.4) is 0 Å². The normalized spacial score (nSPS) is 31.4. The molecule has 0 aliphatic heterocycles. The first-order valence-electron chi connectivity index (χ1n) is 6.87. The lowest BCUT2D eigenvalue weighted by Crippen LogP contribution is -2.37. The van der Waals surface area contributed by atoms with Crippen molar-refractivity contribution in [3.05, 3.63) is 23.7 Å². The summed E-state index contributed by atoms with van der Waals surface area (Å²) in [4.78, 5) is 0. The summed E-state index contributed by atoms with van der Waals surface area (Å²) in [7, 11) is 0. The molecule has 1 N–H and O–H groups in total. The molecule has 0 radical (unpaired) electrons. The van der Waals surface area contributed by atoms with E-state index in [4.69, 9.17) is 4.42 Å². The number of aryl methyl sites for hydroxylation is 1. The minimum Gasteiger partial charge on any atom is -0.465 e. The number of hydrogen-bond donors (Lipinski definition) is 1. The van der Waals surface area contributed by atoms with Crippen LogP contribution in [0.1, 0.15) is 57.6 Å². The standard InChI is InChI=1S/C15H25NO/c1-10-7-11(2)9-14(8-10)16-13(4)15-6-5-12(3)17-15/h5-6,10-11,13-14,16H,7-9H2,1-4H3. The molecule has 17 heavy (non-hydrogen) atoms. The number of rotatable bonds is 3. The van der Waals surface area contributed by atoms with Crippen LogP contribution in [0.5, 0.6) is 0 Å². The fourth-order valence-corrected chi connectivity index (χ4v) is 3.20. The predicted octanol–water partition coefficient (Wildman–Crippen LogP) is 4.06. The second-order valence-electron chi connectivity index (χ2n) is 5.95. The highest BCUT2D eigenvalue weighted by Gasteiger charge is 2.25. The summed E-state index contributed by atoms with van der Waals surface area (Å²) in [6, 6.07) is 5.10. The first kappa shape index (κ1) is 12.7. The smallest absolute Gasteiger partial charge is 0.120 e. The average Bonchev–Trinajstić information content (AvgIpc) is 2.63. The molecule has 3 atom stereocenters. The number of furan rings is 1. The van der Waals surface area contributed by atoms with Gasteiger partial charge in [0.1, 0.15) is 11.5 Å². The van der Waals surface area contributed by atoms with Crippen LogP contribution in [-0.4, -0.2) is 6.04 Å². The van der Waals surface area contributed by atoms with Gasteiger partial charge in [0.25, 0.3) is 0 Å². The van der Waals surface area contributed by atoms with E-state index in [0.29, 0.717) is 12.1 Å². The molecule has 1 aromatic rings. The van der Waals surface area contributed by atoms with Crippen molar-refractivity contribution in [3.8, 4) is 0 Å². The van der Waals surface area contributed by atoms with E-state index in [1.54, 1.807) is 0 Å². The molecule has 1 fully saturated rings. The van der Waals surface area contributed by atoms with Crippen molar-refractivity contribution < 1.29 is 4.42 Å². The van der Waals surface area contributed by atoms with Gasteiger partial charge in [-0.1, -0.05) is 13.8 Å². The minimum atomic E-state index is 0.325. The molecule has 0 spiro atoms. The van der Waals surface area contributed by atoms with Crippen molar-refractivity contribution in [1.82, 2.24) is 5.32 Å². The zero-order chi connectivity index (χ0) is 12.4. The molecule has 1 heterocycles. The molecule has 3 unspecified atom stereocenters. The Bertz CT molecular complexity index is 348. The Kier molecular flexibility index (Phi) is 3.93. The number of nitrogens with one attached hydrogen (secondary N) is 1. The van der Waals surface area contributed by atoms with Crippen molar-refractivity contribution in [2.24, 2.45) is 11.8 Å². The molecule has 2 nitrogen and oxygen atoms in total. The minimum absolute atomic E-state index is 0.325. The van der Waals surface area contributed by atoms with Crippen LogP contribution in [0.25, 0.3) is 0 Å². The molecule has 96 valence electrons. The molecular weight excluding hydrogens is 210 g/mol. The van der Waals surface area contributed by atoms with E-state index in [2.05, 4.69) is 32.2 Å². The highest BCUT2D eigenvalue weighted by molar-refractivity contribution is 5.09. The van der Waals surface area contributed by atoms with Crippen LogP contribution in [0.2, 0.25) is 0 Å². The van der Waals surface area contributed by atoms with Gasteiger partial charge in [0.2, 0.25) is 0 Å². The Morgan fingerprint density at radius 3 is 2.35 bits per heavy atom. The maximum absolute atomic E-state index is 5.68. The second-order valence-corrected chi connectivity index (χ2v) is 5.95. The van der Waals surface area contributed by atoms with Crippen LogP contribution in [0, 0.1) is 18.8 Å². The summed E-state index contributed by atoms with van der Waals surface area (Å²) >= 11 is 0. The Hall–Kier alpha value is -0.760. The van der Waals surface area contributed by atoms with Gasteiger partial charge in [-0.3, -0.25) is 0 Å². The first-order chi connectivity index (χ1) is 8.04. The Labute approximate surface area is 105 Å². The van der Waals surface area contributed by atoms with Crippen molar-refractivity contribution in [2.45, 2.75) is 59.0 Å². The third-order valence-corrected chi connectivity index (χ3v) is 3.85. The van der Waals surface area contributed by atoms with E-state index in [0.717, 1.165) is 23.4 Å². The van der Waals surface area contributed by atoms with Crippen LogP contribution in [0.15, 0.2) is 16.5 Å². The van der Waals surface area contributed by atoms with Crippen molar-refractivity contribution >= 4 is 0 Å². The quantitative estimate of drug-likeness (QED) is 0.854. The van der Waals surface area contributed by atoms with Gasteiger partial charge in [0, 0.05) is 6.04 Å². The zero-order valence-electron chi connectivity index (χ0n) is 11.5.